The third kappa shape index (κ3) is 10.3. The Kier molecular flexibility index (Phi) is 10.1. The molecule has 0 saturated heterocycles. The van der Waals surface area contributed by atoms with Crippen LogP contribution in [0.15, 0.2) is 97.6 Å². The number of imidazole rings is 1. The van der Waals surface area contributed by atoms with Crippen molar-refractivity contribution in [2.75, 3.05) is 6.26 Å². The lowest BCUT2D eigenvalue weighted by molar-refractivity contribution is -0.682. The molecule has 0 bridgehead atoms. The summed E-state index contributed by atoms with van der Waals surface area (Å²) in [5.74, 6) is -0.433. The molecule has 3 aromatic carbocycles. The second-order valence-electron chi connectivity index (χ2n) is 8.25. The average molecular weight is 545 g/mol. The van der Waals surface area contributed by atoms with E-state index in [-0.39, 0.29) is 24.2 Å². The number of ketones is 1. The molecule has 1 heterocycles. The zero-order valence-electron chi connectivity index (χ0n) is 20.0. The first-order valence-corrected chi connectivity index (χ1v) is 13.4. The van der Waals surface area contributed by atoms with Crippen LogP contribution < -0.4 is 4.57 Å². The summed E-state index contributed by atoms with van der Waals surface area (Å²) < 4.78 is 50.4. The summed E-state index contributed by atoms with van der Waals surface area (Å²) in [7, 11) is -3.92. The van der Waals surface area contributed by atoms with Gasteiger partial charge in [-0.05, 0) is 47.5 Å². The Balaban J connectivity index is 0.000000695. The number of ether oxygens (including phenoxy) is 1. The minimum atomic E-state index is -3.92. The molecule has 0 saturated carbocycles. The number of hydrogen-bond acceptors (Lipinski definition) is 5. The molecule has 0 aliphatic rings. The molecule has 1 aromatic heterocycles. The maximum Gasteiger partial charge on any atom is 0.244 e. The summed E-state index contributed by atoms with van der Waals surface area (Å²) in [4.78, 5) is 12.5. The molecule has 10 heteroatoms. The molecule has 4 rings (SSSR count). The van der Waals surface area contributed by atoms with E-state index in [0.717, 1.165) is 11.1 Å². The zero-order chi connectivity index (χ0) is 26.8. The van der Waals surface area contributed by atoms with Gasteiger partial charge >= 0.3 is 0 Å². The minimum absolute atomic E-state index is 0.0775. The molecule has 0 aliphatic heterocycles. The second kappa shape index (κ2) is 13.3. The monoisotopic (exact) mass is 544 g/mol. The summed E-state index contributed by atoms with van der Waals surface area (Å²) >= 11 is 5.97. The Morgan fingerprint density at radius 3 is 2.30 bits per heavy atom. The normalized spacial score (nSPS) is 11.9. The maximum absolute atomic E-state index is 13.1. The summed E-state index contributed by atoms with van der Waals surface area (Å²) in [6, 6.07) is 23.3. The first kappa shape index (κ1) is 28.2. The van der Waals surface area contributed by atoms with Gasteiger partial charge in [-0.3, -0.25) is 4.79 Å². The molecule has 0 N–H and O–H groups in total. The summed E-state index contributed by atoms with van der Waals surface area (Å²) in [6.45, 7) is 1.23. The number of carbonyl (C=O) groups excluding carboxylic acids is 1. The van der Waals surface area contributed by atoms with Crippen molar-refractivity contribution in [3.63, 3.8) is 0 Å². The van der Waals surface area contributed by atoms with E-state index in [9.17, 15) is 9.18 Å². The number of benzene rings is 3. The van der Waals surface area contributed by atoms with Gasteiger partial charge in [-0.15, -0.1) is 0 Å². The lowest BCUT2D eigenvalue weighted by Crippen LogP contribution is -2.36. The van der Waals surface area contributed by atoms with Gasteiger partial charge in [-0.1, -0.05) is 54.1 Å². The Morgan fingerprint density at radius 1 is 1.05 bits per heavy atom. The third-order valence-corrected chi connectivity index (χ3v) is 5.40. The van der Waals surface area contributed by atoms with Gasteiger partial charge in [0.1, 0.15) is 30.9 Å². The van der Waals surface area contributed by atoms with E-state index < -0.39 is 10.1 Å². The van der Waals surface area contributed by atoms with Gasteiger partial charge in [0.2, 0.25) is 12.1 Å². The van der Waals surface area contributed by atoms with Crippen LogP contribution in [0.3, 0.4) is 0 Å². The third-order valence-electron chi connectivity index (χ3n) is 5.15. The van der Waals surface area contributed by atoms with Crippen molar-refractivity contribution in [2.45, 2.75) is 25.8 Å². The predicted octanol–water partition coefficient (Wildman–Crippen LogP) is 4.57. The Hall–Kier alpha value is -3.37. The largest absolute Gasteiger partial charge is 0.748 e. The number of Topliss-reactive ketones (excluding diaryl/α,β-unsaturated/α-hetero) is 1. The van der Waals surface area contributed by atoms with Crippen LogP contribution in [0, 0.1) is 5.82 Å². The van der Waals surface area contributed by atoms with E-state index in [1.54, 1.807) is 0 Å². The number of halogens is 2. The van der Waals surface area contributed by atoms with Crippen LogP contribution in [0.1, 0.15) is 27.6 Å². The average Bonchev–Trinajstić information content (AvgIpc) is 3.29. The fourth-order valence-corrected chi connectivity index (χ4v) is 3.55. The van der Waals surface area contributed by atoms with Gasteiger partial charge in [0, 0.05) is 16.8 Å². The van der Waals surface area contributed by atoms with Gasteiger partial charge in [-0.25, -0.2) is 21.9 Å². The molecule has 0 radical (unpaired) electrons. The highest BCUT2D eigenvalue weighted by molar-refractivity contribution is 7.84. The molecule has 0 spiro atoms. The number of hydrogen-bond donors (Lipinski definition) is 0. The lowest BCUT2D eigenvalue weighted by Gasteiger charge is -2.17. The van der Waals surface area contributed by atoms with Crippen molar-refractivity contribution < 1.29 is 31.5 Å². The number of aromatic nitrogens is 2. The van der Waals surface area contributed by atoms with Crippen LogP contribution >= 0.6 is 11.6 Å². The van der Waals surface area contributed by atoms with Gasteiger partial charge in [0.15, 0.2) is 6.54 Å². The van der Waals surface area contributed by atoms with E-state index in [4.69, 9.17) is 29.3 Å². The Morgan fingerprint density at radius 2 is 1.68 bits per heavy atom. The topological polar surface area (TPSA) is 92.3 Å². The van der Waals surface area contributed by atoms with Crippen molar-refractivity contribution in [3.05, 3.63) is 125 Å². The highest BCUT2D eigenvalue weighted by Gasteiger charge is 2.18. The Labute approximate surface area is 220 Å². The fraction of sp³-hybridized carbons (Fsp3) is 0.185. The van der Waals surface area contributed by atoms with Crippen molar-refractivity contribution in [3.8, 4) is 0 Å². The smallest absolute Gasteiger partial charge is 0.244 e. The SMILES string of the molecule is CS(=O)(=O)[O-].O=C(C[n+]1ccn(CC(OCc2ccc(Cl)cc2)c2ccccc2)c1)c1ccc(F)cc1. The lowest BCUT2D eigenvalue weighted by atomic mass is 10.1. The van der Waals surface area contributed by atoms with E-state index in [0.29, 0.717) is 30.0 Å². The molecular weight excluding hydrogens is 519 g/mol. The van der Waals surface area contributed by atoms with Crippen LogP contribution in [-0.4, -0.2) is 29.6 Å². The van der Waals surface area contributed by atoms with E-state index in [1.807, 2.05) is 82.5 Å². The molecule has 194 valence electrons. The number of carbonyl (C=O) groups is 1. The summed E-state index contributed by atoms with van der Waals surface area (Å²) in [5.41, 5.74) is 2.60. The fourth-order valence-electron chi connectivity index (χ4n) is 3.42. The van der Waals surface area contributed by atoms with Gasteiger partial charge in [0.05, 0.1) is 16.7 Å². The van der Waals surface area contributed by atoms with Crippen LogP contribution in [0.2, 0.25) is 5.02 Å². The van der Waals surface area contributed by atoms with Crippen LogP contribution in [0.5, 0.6) is 0 Å². The van der Waals surface area contributed by atoms with Crippen molar-refractivity contribution in [1.29, 1.82) is 0 Å². The number of rotatable bonds is 9. The quantitative estimate of drug-likeness (QED) is 0.175. The molecule has 1 unspecified atom stereocenters. The van der Waals surface area contributed by atoms with E-state index in [1.165, 1.54) is 24.3 Å². The molecule has 1 atom stereocenters. The zero-order valence-corrected chi connectivity index (χ0v) is 21.6. The first-order chi connectivity index (χ1) is 17.6. The second-order valence-corrected chi connectivity index (χ2v) is 10.1. The van der Waals surface area contributed by atoms with Crippen molar-refractivity contribution in [2.24, 2.45) is 0 Å². The molecule has 0 aliphatic carbocycles. The maximum atomic E-state index is 13.1. The predicted molar refractivity (Wildman–Crippen MR) is 136 cm³/mol. The van der Waals surface area contributed by atoms with Crippen molar-refractivity contribution in [1.82, 2.24) is 4.57 Å². The highest BCUT2D eigenvalue weighted by Crippen LogP contribution is 2.22. The number of nitrogens with zero attached hydrogens (tertiary/aromatic N) is 2. The summed E-state index contributed by atoms with van der Waals surface area (Å²) in [6.07, 6.45) is 6.08. The van der Waals surface area contributed by atoms with E-state index >= 15 is 0 Å². The summed E-state index contributed by atoms with van der Waals surface area (Å²) in [5, 5.41) is 0.695. The molecule has 0 amide bonds. The van der Waals surface area contributed by atoms with Crippen LogP contribution in [-0.2, 0) is 34.6 Å². The van der Waals surface area contributed by atoms with E-state index in [2.05, 4.69) is 0 Å². The molecule has 7 nitrogen and oxygen atoms in total. The molecule has 4 aromatic rings. The van der Waals surface area contributed by atoms with Gasteiger partial charge in [-0.2, -0.15) is 0 Å². The van der Waals surface area contributed by atoms with Gasteiger partial charge in [0.25, 0.3) is 0 Å². The minimum Gasteiger partial charge on any atom is -0.748 e. The molecular formula is C27H26ClFN2O5S. The van der Waals surface area contributed by atoms with Crippen molar-refractivity contribution >= 4 is 27.5 Å². The molecule has 0 fully saturated rings. The van der Waals surface area contributed by atoms with Gasteiger partial charge < -0.3 is 9.29 Å². The standard InChI is InChI=1S/C26H23ClFN2O2.CH4O3S/c27-23-10-6-20(7-11-23)18-32-26(22-4-2-1-3-5-22)17-30-15-14-29(19-30)16-25(31)21-8-12-24(28)13-9-21;1-5(2,3)4/h1-15,19,26H,16-18H2;1H3,(H,2,3,4)/q+1;/p-1. The van der Waals surface area contributed by atoms with Crippen LogP contribution in [0.4, 0.5) is 4.39 Å². The van der Waals surface area contributed by atoms with Crippen LogP contribution in [0.25, 0.3) is 0 Å². The Bertz CT molecular complexity index is 1390. The first-order valence-electron chi connectivity index (χ1n) is 11.2. The molecule has 37 heavy (non-hydrogen) atoms. The highest BCUT2D eigenvalue weighted by atomic mass is 35.5.